The Morgan fingerprint density at radius 3 is 2.42 bits per heavy atom. The van der Waals surface area contributed by atoms with Gasteiger partial charge in [0.25, 0.3) is 5.91 Å². The molecule has 1 aliphatic rings. The van der Waals surface area contributed by atoms with Gasteiger partial charge in [0, 0.05) is 24.6 Å². The van der Waals surface area contributed by atoms with Crippen LogP contribution in [0.25, 0.3) is 0 Å². The molecule has 1 saturated heterocycles. The van der Waals surface area contributed by atoms with E-state index in [-0.39, 0.29) is 17.6 Å². The summed E-state index contributed by atoms with van der Waals surface area (Å²) in [5.41, 5.74) is 0.645. The quantitative estimate of drug-likeness (QED) is 0.622. The van der Waals surface area contributed by atoms with E-state index in [2.05, 4.69) is 11.8 Å². The molecule has 4 nitrogen and oxygen atoms in total. The van der Waals surface area contributed by atoms with Crippen LogP contribution >= 0.6 is 0 Å². The van der Waals surface area contributed by atoms with Crippen LogP contribution in [0.1, 0.15) is 30.1 Å². The van der Waals surface area contributed by atoms with Crippen molar-refractivity contribution in [2.75, 3.05) is 13.1 Å². The molecule has 132 valence electrons. The van der Waals surface area contributed by atoms with Gasteiger partial charge in [-0.15, -0.1) is 0 Å². The van der Waals surface area contributed by atoms with Crippen molar-refractivity contribution in [1.29, 1.82) is 0 Å². The number of nitrogens with zero attached hydrogens (tertiary/aromatic N) is 1. The van der Waals surface area contributed by atoms with Crippen LogP contribution in [0.2, 0.25) is 0 Å². The van der Waals surface area contributed by atoms with Crippen LogP contribution < -0.4 is 4.74 Å². The standard InChI is InChI=1S/C22H21NO3/c1-2-7-21(24)23-15-6-8-18(16-23)22(25)17-11-13-20(14-12-17)26-19-9-4-3-5-10-19/h3-5,9-14,18H,6,8,15-16H2,1H3/t18-/m1/s1. The number of ether oxygens (including phenoxy) is 1. The summed E-state index contributed by atoms with van der Waals surface area (Å²) >= 11 is 0. The molecule has 0 aromatic heterocycles. The molecule has 0 N–H and O–H groups in total. The van der Waals surface area contributed by atoms with E-state index in [1.165, 1.54) is 0 Å². The van der Waals surface area contributed by atoms with Gasteiger partial charge in [-0.3, -0.25) is 9.59 Å². The van der Waals surface area contributed by atoms with Gasteiger partial charge < -0.3 is 9.64 Å². The van der Waals surface area contributed by atoms with Gasteiger partial charge in [0.15, 0.2) is 5.78 Å². The number of amides is 1. The van der Waals surface area contributed by atoms with Crippen molar-refractivity contribution in [3.63, 3.8) is 0 Å². The highest BCUT2D eigenvalue weighted by Crippen LogP contribution is 2.24. The fourth-order valence-electron chi connectivity index (χ4n) is 3.11. The van der Waals surface area contributed by atoms with Crippen LogP contribution in [-0.4, -0.2) is 29.7 Å². The lowest BCUT2D eigenvalue weighted by Crippen LogP contribution is -2.41. The lowest BCUT2D eigenvalue weighted by Gasteiger charge is -2.30. The van der Waals surface area contributed by atoms with E-state index in [9.17, 15) is 9.59 Å². The number of carbonyl (C=O) groups is 2. The second kappa shape index (κ2) is 8.35. The Labute approximate surface area is 153 Å². The zero-order valence-electron chi connectivity index (χ0n) is 14.8. The number of ketones is 1. The highest BCUT2D eigenvalue weighted by molar-refractivity contribution is 5.99. The maximum Gasteiger partial charge on any atom is 0.298 e. The van der Waals surface area contributed by atoms with Crippen molar-refractivity contribution >= 4 is 11.7 Å². The molecule has 4 heteroatoms. The SMILES string of the molecule is CC#CC(=O)N1CCC[C@@H](C(=O)c2ccc(Oc3ccccc3)cc2)C1. The predicted molar refractivity (Wildman–Crippen MR) is 100 cm³/mol. The number of likely N-dealkylation sites (tertiary alicyclic amines) is 1. The summed E-state index contributed by atoms with van der Waals surface area (Å²) in [6.07, 6.45) is 1.62. The second-order valence-corrected chi connectivity index (χ2v) is 6.27. The highest BCUT2D eigenvalue weighted by Gasteiger charge is 2.28. The largest absolute Gasteiger partial charge is 0.457 e. The molecule has 0 radical (unpaired) electrons. The number of hydrogen-bond donors (Lipinski definition) is 0. The molecule has 1 atom stereocenters. The number of hydrogen-bond acceptors (Lipinski definition) is 3. The third kappa shape index (κ3) is 4.31. The van der Waals surface area contributed by atoms with Crippen molar-refractivity contribution in [1.82, 2.24) is 4.90 Å². The third-order valence-electron chi connectivity index (χ3n) is 4.43. The lowest BCUT2D eigenvalue weighted by molar-refractivity contribution is -0.126. The van der Waals surface area contributed by atoms with Crippen molar-refractivity contribution in [3.8, 4) is 23.3 Å². The molecule has 2 aromatic rings. The maximum absolute atomic E-state index is 12.8. The number of piperidine rings is 1. The molecular weight excluding hydrogens is 326 g/mol. The summed E-state index contributed by atoms with van der Waals surface area (Å²) < 4.78 is 5.75. The Morgan fingerprint density at radius 1 is 1.04 bits per heavy atom. The molecule has 1 amide bonds. The normalized spacial score (nSPS) is 16.3. The van der Waals surface area contributed by atoms with Gasteiger partial charge in [-0.05, 0) is 62.1 Å². The van der Waals surface area contributed by atoms with E-state index in [4.69, 9.17) is 4.74 Å². The first kappa shape index (κ1) is 17.8. The zero-order valence-corrected chi connectivity index (χ0v) is 14.8. The fourth-order valence-corrected chi connectivity index (χ4v) is 3.11. The van der Waals surface area contributed by atoms with E-state index in [0.717, 1.165) is 18.6 Å². The summed E-state index contributed by atoms with van der Waals surface area (Å²) in [4.78, 5) is 26.4. The lowest BCUT2D eigenvalue weighted by atomic mass is 9.90. The molecule has 3 rings (SSSR count). The van der Waals surface area contributed by atoms with E-state index in [0.29, 0.717) is 24.4 Å². The molecule has 2 aromatic carbocycles. The van der Waals surface area contributed by atoms with E-state index < -0.39 is 0 Å². The van der Waals surface area contributed by atoms with Gasteiger partial charge in [-0.1, -0.05) is 24.1 Å². The molecule has 0 spiro atoms. The predicted octanol–water partition coefficient (Wildman–Crippen LogP) is 3.92. The van der Waals surface area contributed by atoms with Crippen LogP contribution in [0.5, 0.6) is 11.5 Å². The van der Waals surface area contributed by atoms with E-state index in [1.807, 2.05) is 30.3 Å². The van der Waals surface area contributed by atoms with E-state index >= 15 is 0 Å². The Morgan fingerprint density at radius 2 is 1.73 bits per heavy atom. The van der Waals surface area contributed by atoms with Crippen LogP contribution in [0.3, 0.4) is 0 Å². The summed E-state index contributed by atoms with van der Waals surface area (Å²) in [5.74, 6) is 6.32. The third-order valence-corrected chi connectivity index (χ3v) is 4.43. The molecule has 1 heterocycles. The molecule has 0 aliphatic carbocycles. The Hall–Kier alpha value is -3.06. The van der Waals surface area contributed by atoms with Crippen molar-refractivity contribution in [2.45, 2.75) is 19.8 Å². The Balaban J connectivity index is 1.65. The van der Waals surface area contributed by atoms with Crippen LogP contribution in [0, 0.1) is 17.8 Å². The minimum absolute atomic E-state index is 0.0678. The first-order valence-electron chi connectivity index (χ1n) is 8.76. The Kier molecular flexibility index (Phi) is 5.70. The Bertz CT molecular complexity index is 831. The highest BCUT2D eigenvalue weighted by atomic mass is 16.5. The summed E-state index contributed by atoms with van der Waals surface area (Å²) in [7, 11) is 0. The van der Waals surface area contributed by atoms with Crippen LogP contribution in [0.15, 0.2) is 54.6 Å². The smallest absolute Gasteiger partial charge is 0.298 e. The monoisotopic (exact) mass is 347 g/mol. The van der Waals surface area contributed by atoms with Crippen LogP contribution in [0.4, 0.5) is 0 Å². The molecule has 26 heavy (non-hydrogen) atoms. The molecule has 0 saturated carbocycles. The van der Waals surface area contributed by atoms with Gasteiger partial charge in [-0.25, -0.2) is 0 Å². The number of benzene rings is 2. The van der Waals surface area contributed by atoms with Gasteiger partial charge in [-0.2, -0.15) is 0 Å². The van der Waals surface area contributed by atoms with Crippen LogP contribution in [-0.2, 0) is 4.79 Å². The minimum atomic E-state index is -0.198. The minimum Gasteiger partial charge on any atom is -0.457 e. The molecule has 1 aliphatic heterocycles. The van der Waals surface area contributed by atoms with E-state index in [1.54, 1.807) is 36.1 Å². The molecule has 0 bridgehead atoms. The van der Waals surface area contributed by atoms with Crippen molar-refractivity contribution in [2.24, 2.45) is 5.92 Å². The summed E-state index contributed by atoms with van der Waals surface area (Å²) in [6.45, 7) is 2.75. The molecular formula is C22H21NO3. The number of rotatable bonds is 4. The summed E-state index contributed by atoms with van der Waals surface area (Å²) in [5, 5.41) is 0. The molecule has 0 unspecified atom stereocenters. The number of Topliss-reactive ketones (excluding diaryl/α,β-unsaturated/α-hetero) is 1. The van der Waals surface area contributed by atoms with Crippen molar-refractivity contribution < 1.29 is 14.3 Å². The molecule has 1 fully saturated rings. The zero-order chi connectivity index (χ0) is 18.4. The van der Waals surface area contributed by atoms with Gasteiger partial charge in [0.2, 0.25) is 0 Å². The van der Waals surface area contributed by atoms with Gasteiger partial charge in [0.1, 0.15) is 11.5 Å². The van der Waals surface area contributed by atoms with Crippen molar-refractivity contribution in [3.05, 3.63) is 60.2 Å². The average Bonchev–Trinajstić information content (AvgIpc) is 2.69. The fraction of sp³-hybridized carbons (Fsp3) is 0.273. The number of para-hydroxylation sites is 1. The maximum atomic E-state index is 12.8. The second-order valence-electron chi connectivity index (χ2n) is 6.27. The summed E-state index contributed by atoms with van der Waals surface area (Å²) in [6, 6.07) is 16.7. The van der Waals surface area contributed by atoms with Gasteiger partial charge >= 0.3 is 0 Å². The van der Waals surface area contributed by atoms with Gasteiger partial charge in [0.05, 0.1) is 0 Å². The first-order chi connectivity index (χ1) is 12.7. The average molecular weight is 347 g/mol. The number of carbonyl (C=O) groups excluding carboxylic acids is 2. The topological polar surface area (TPSA) is 46.6 Å². The first-order valence-corrected chi connectivity index (χ1v) is 8.76.